The number of hydrogen-bond donors (Lipinski definition) is 3. The standard InChI is InChI=1S/C26H28N4O2/c1-19-12-14-21(15-13-19)28-26(31)18-32-24-10-5-2-7-20(24)17-27-16-6-11-25-29-22-8-3-4-9-23(22)30-25/h2-5,7-10,12-15,27H,6,11,16-18H2,1H3,(H,28,31)(H,29,30). The van der Waals surface area contributed by atoms with Crippen molar-refractivity contribution in [3.05, 3.63) is 89.7 Å². The number of aromatic nitrogens is 2. The highest BCUT2D eigenvalue weighted by atomic mass is 16.5. The van der Waals surface area contributed by atoms with E-state index in [1.807, 2.05) is 79.7 Å². The van der Waals surface area contributed by atoms with Crippen molar-refractivity contribution in [1.82, 2.24) is 15.3 Å². The molecule has 0 bridgehead atoms. The predicted octanol–water partition coefficient (Wildman–Crippen LogP) is 4.61. The molecule has 3 N–H and O–H groups in total. The predicted molar refractivity (Wildman–Crippen MR) is 128 cm³/mol. The van der Waals surface area contributed by atoms with Crippen LogP contribution in [0.15, 0.2) is 72.8 Å². The summed E-state index contributed by atoms with van der Waals surface area (Å²) in [6.07, 6.45) is 1.86. The van der Waals surface area contributed by atoms with Crippen LogP contribution in [-0.4, -0.2) is 29.0 Å². The lowest BCUT2D eigenvalue weighted by Crippen LogP contribution is -2.21. The molecule has 1 aromatic heterocycles. The monoisotopic (exact) mass is 428 g/mol. The third kappa shape index (κ3) is 5.95. The van der Waals surface area contributed by atoms with Crippen LogP contribution in [0, 0.1) is 6.92 Å². The van der Waals surface area contributed by atoms with E-state index in [4.69, 9.17) is 4.74 Å². The maximum atomic E-state index is 12.2. The Bertz CT molecular complexity index is 1130. The molecule has 0 saturated carbocycles. The normalized spacial score (nSPS) is 10.9. The van der Waals surface area contributed by atoms with E-state index in [0.717, 1.165) is 58.8 Å². The van der Waals surface area contributed by atoms with Gasteiger partial charge < -0.3 is 20.4 Å². The number of carbonyl (C=O) groups excluding carboxylic acids is 1. The highest BCUT2D eigenvalue weighted by molar-refractivity contribution is 5.91. The smallest absolute Gasteiger partial charge is 0.262 e. The van der Waals surface area contributed by atoms with Crippen molar-refractivity contribution < 1.29 is 9.53 Å². The maximum absolute atomic E-state index is 12.2. The molecular weight excluding hydrogens is 400 g/mol. The van der Waals surface area contributed by atoms with E-state index < -0.39 is 0 Å². The number of nitrogens with zero attached hydrogens (tertiary/aromatic N) is 1. The largest absolute Gasteiger partial charge is 0.483 e. The molecular formula is C26H28N4O2. The molecule has 1 amide bonds. The number of aryl methyl sites for hydroxylation is 2. The molecule has 6 nitrogen and oxygen atoms in total. The number of nitrogens with one attached hydrogen (secondary N) is 3. The molecule has 4 rings (SSSR count). The van der Waals surface area contributed by atoms with Crippen LogP contribution in [0.4, 0.5) is 5.69 Å². The van der Waals surface area contributed by atoms with Gasteiger partial charge in [-0.15, -0.1) is 0 Å². The Hall–Kier alpha value is -3.64. The second kappa shape index (κ2) is 10.6. The fraction of sp³-hybridized carbons (Fsp3) is 0.231. The average molecular weight is 429 g/mol. The summed E-state index contributed by atoms with van der Waals surface area (Å²) in [7, 11) is 0. The van der Waals surface area contributed by atoms with Gasteiger partial charge in [-0.05, 0) is 50.2 Å². The van der Waals surface area contributed by atoms with Gasteiger partial charge in [-0.2, -0.15) is 0 Å². The molecule has 0 fully saturated rings. The van der Waals surface area contributed by atoms with E-state index >= 15 is 0 Å². The second-order valence-corrected chi connectivity index (χ2v) is 7.79. The van der Waals surface area contributed by atoms with Crippen LogP contribution in [0.2, 0.25) is 0 Å². The first kappa shape index (κ1) is 21.6. The molecule has 4 aromatic rings. The maximum Gasteiger partial charge on any atom is 0.262 e. The Kier molecular flexibility index (Phi) is 7.15. The Morgan fingerprint density at radius 3 is 2.62 bits per heavy atom. The topological polar surface area (TPSA) is 79.0 Å². The van der Waals surface area contributed by atoms with E-state index in [9.17, 15) is 4.79 Å². The number of hydrogen-bond acceptors (Lipinski definition) is 4. The number of para-hydroxylation sites is 3. The summed E-state index contributed by atoms with van der Waals surface area (Å²) in [5.41, 5.74) is 5.03. The number of H-pyrrole nitrogens is 1. The molecule has 0 radical (unpaired) electrons. The minimum absolute atomic E-state index is 0.0308. The van der Waals surface area contributed by atoms with Crippen molar-refractivity contribution in [2.75, 3.05) is 18.5 Å². The average Bonchev–Trinajstić information content (AvgIpc) is 3.22. The summed E-state index contributed by atoms with van der Waals surface area (Å²) in [5.74, 6) is 1.55. The zero-order valence-corrected chi connectivity index (χ0v) is 18.2. The Morgan fingerprint density at radius 1 is 1.00 bits per heavy atom. The molecule has 0 aliphatic carbocycles. The molecule has 0 spiro atoms. The quantitative estimate of drug-likeness (QED) is 0.322. The highest BCUT2D eigenvalue weighted by Crippen LogP contribution is 2.18. The molecule has 32 heavy (non-hydrogen) atoms. The Morgan fingerprint density at radius 2 is 1.78 bits per heavy atom. The van der Waals surface area contributed by atoms with Crippen LogP contribution >= 0.6 is 0 Å². The number of carbonyl (C=O) groups is 1. The van der Waals surface area contributed by atoms with Gasteiger partial charge in [0.25, 0.3) is 5.91 Å². The molecule has 3 aromatic carbocycles. The first-order chi connectivity index (χ1) is 15.7. The van der Waals surface area contributed by atoms with Crippen molar-refractivity contribution in [2.24, 2.45) is 0 Å². The van der Waals surface area contributed by atoms with Crippen molar-refractivity contribution in [1.29, 1.82) is 0 Å². The molecule has 6 heteroatoms. The van der Waals surface area contributed by atoms with Gasteiger partial charge in [-0.3, -0.25) is 4.79 Å². The molecule has 0 aliphatic heterocycles. The van der Waals surface area contributed by atoms with Crippen molar-refractivity contribution in [3.8, 4) is 5.75 Å². The van der Waals surface area contributed by atoms with Crippen LogP contribution in [0.5, 0.6) is 5.75 Å². The van der Waals surface area contributed by atoms with E-state index in [1.54, 1.807) is 0 Å². The molecule has 0 saturated heterocycles. The van der Waals surface area contributed by atoms with Crippen molar-refractivity contribution in [3.63, 3.8) is 0 Å². The second-order valence-electron chi connectivity index (χ2n) is 7.79. The van der Waals surface area contributed by atoms with E-state index in [2.05, 4.69) is 20.6 Å². The lowest BCUT2D eigenvalue weighted by molar-refractivity contribution is -0.118. The zero-order valence-electron chi connectivity index (χ0n) is 18.2. The fourth-order valence-electron chi connectivity index (χ4n) is 3.50. The number of rotatable bonds is 10. The van der Waals surface area contributed by atoms with E-state index in [1.165, 1.54) is 0 Å². The summed E-state index contributed by atoms with van der Waals surface area (Å²) < 4.78 is 5.79. The molecule has 164 valence electrons. The number of imidazole rings is 1. The van der Waals surface area contributed by atoms with Gasteiger partial charge in [0.2, 0.25) is 0 Å². The molecule has 1 heterocycles. The van der Waals surface area contributed by atoms with Crippen LogP contribution < -0.4 is 15.4 Å². The fourth-order valence-corrected chi connectivity index (χ4v) is 3.50. The zero-order chi connectivity index (χ0) is 22.2. The minimum atomic E-state index is -0.178. The van der Waals surface area contributed by atoms with Gasteiger partial charge in [0.05, 0.1) is 11.0 Å². The third-order valence-electron chi connectivity index (χ3n) is 5.19. The van der Waals surface area contributed by atoms with Crippen LogP contribution in [0.1, 0.15) is 23.4 Å². The Balaban J connectivity index is 1.21. The lowest BCUT2D eigenvalue weighted by Gasteiger charge is -2.12. The van der Waals surface area contributed by atoms with Gasteiger partial charge in [0.1, 0.15) is 11.6 Å². The first-order valence-electron chi connectivity index (χ1n) is 10.9. The van der Waals surface area contributed by atoms with Gasteiger partial charge in [-0.1, -0.05) is 48.0 Å². The van der Waals surface area contributed by atoms with E-state index in [0.29, 0.717) is 6.54 Å². The summed E-state index contributed by atoms with van der Waals surface area (Å²) in [6, 6.07) is 23.6. The van der Waals surface area contributed by atoms with Crippen molar-refractivity contribution >= 4 is 22.6 Å². The van der Waals surface area contributed by atoms with Gasteiger partial charge in [0.15, 0.2) is 6.61 Å². The number of anilines is 1. The van der Waals surface area contributed by atoms with Gasteiger partial charge in [-0.25, -0.2) is 4.98 Å². The molecule has 0 unspecified atom stereocenters. The van der Waals surface area contributed by atoms with E-state index in [-0.39, 0.29) is 12.5 Å². The highest BCUT2D eigenvalue weighted by Gasteiger charge is 2.07. The SMILES string of the molecule is Cc1ccc(NC(=O)COc2ccccc2CNCCCc2nc3ccccc3[nH]2)cc1. The number of aromatic amines is 1. The minimum Gasteiger partial charge on any atom is -0.483 e. The molecule has 0 aliphatic rings. The molecule has 0 atom stereocenters. The number of amides is 1. The number of fused-ring (bicyclic) bond motifs is 1. The Labute approximate surface area is 188 Å². The first-order valence-corrected chi connectivity index (χ1v) is 10.9. The summed E-state index contributed by atoms with van der Waals surface area (Å²) in [4.78, 5) is 20.2. The third-order valence-corrected chi connectivity index (χ3v) is 5.19. The summed E-state index contributed by atoms with van der Waals surface area (Å²) in [5, 5.41) is 6.31. The number of benzene rings is 3. The van der Waals surface area contributed by atoms with Crippen LogP contribution in [0.3, 0.4) is 0 Å². The lowest BCUT2D eigenvalue weighted by atomic mass is 10.2. The number of ether oxygens (including phenoxy) is 1. The van der Waals surface area contributed by atoms with Crippen LogP contribution in [0.25, 0.3) is 11.0 Å². The van der Waals surface area contributed by atoms with Crippen molar-refractivity contribution in [2.45, 2.75) is 26.3 Å². The summed E-state index contributed by atoms with van der Waals surface area (Å²) >= 11 is 0. The van der Waals surface area contributed by atoms with Crippen LogP contribution in [-0.2, 0) is 17.8 Å². The summed E-state index contributed by atoms with van der Waals surface area (Å²) in [6.45, 7) is 3.52. The van der Waals surface area contributed by atoms with Gasteiger partial charge >= 0.3 is 0 Å². The van der Waals surface area contributed by atoms with Gasteiger partial charge in [0, 0.05) is 24.2 Å².